The molecular formula is C49H31N3O. The fourth-order valence-electron chi connectivity index (χ4n) is 7.25. The minimum atomic E-state index is 0.593. The zero-order valence-corrected chi connectivity index (χ0v) is 28.6. The van der Waals surface area contributed by atoms with Crippen molar-refractivity contribution in [1.82, 2.24) is 15.0 Å². The van der Waals surface area contributed by atoms with Crippen molar-refractivity contribution in [1.29, 1.82) is 0 Å². The van der Waals surface area contributed by atoms with Gasteiger partial charge >= 0.3 is 0 Å². The molecule has 4 heteroatoms. The summed E-state index contributed by atoms with van der Waals surface area (Å²) in [6.07, 6.45) is 0. The van der Waals surface area contributed by atoms with Crippen LogP contribution in [0.1, 0.15) is 0 Å². The summed E-state index contributed by atoms with van der Waals surface area (Å²) < 4.78 is 6.58. The molecule has 0 bridgehead atoms. The molecule has 0 fully saturated rings. The fourth-order valence-corrected chi connectivity index (χ4v) is 7.25. The highest BCUT2D eigenvalue weighted by molar-refractivity contribution is 6.10. The van der Waals surface area contributed by atoms with Crippen molar-refractivity contribution in [2.45, 2.75) is 0 Å². The zero-order valence-electron chi connectivity index (χ0n) is 28.6. The van der Waals surface area contributed by atoms with E-state index in [1.807, 2.05) is 48.5 Å². The summed E-state index contributed by atoms with van der Waals surface area (Å²) in [6.45, 7) is 0. The van der Waals surface area contributed by atoms with Gasteiger partial charge in [0.05, 0.1) is 0 Å². The lowest BCUT2D eigenvalue weighted by atomic mass is 9.93. The molecule has 4 nitrogen and oxygen atoms in total. The smallest absolute Gasteiger partial charge is 0.164 e. The fraction of sp³-hybridized carbons (Fsp3) is 0. The molecule has 10 rings (SSSR count). The van der Waals surface area contributed by atoms with Crippen LogP contribution < -0.4 is 0 Å². The molecule has 10 aromatic rings. The molecule has 0 aliphatic carbocycles. The van der Waals surface area contributed by atoms with Gasteiger partial charge in [-0.1, -0.05) is 164 Å². The Morgan fingerprint density at radius 2 is 0.849 bits per heavy atom. The number of rotatable bonds is 6. The Labute approximate surface area is 306 Å². The molecule has 2 heterocycles. The molecule has 2 aromatic heterocycles. The van der Waals surface area contributed by atoms with Gasteiger partial charge < -0.3 is 4.42 Å². The average Bonchev–Trinajstić information content (AvgIpc) is 3.63. The van der Waals surface area contributed by atoms with E-state index in [1.165, 1.54) is 16.3 Å². The zero-order chi connectivity index (χ0) is 35.1. The highest BCUT2D eigenvalue weighted by Crippen LogP contribution is 2.41. The Balaban J connectivity index is 1.16. The van der Waals surface area contributed by atoms with Crippen LogP contribution in [-0.2, 0) is 0 Å². The molecule has 0 amide bonds. The third-order valence-corrected chi connectivity index (χ3v) is 9.96. The van der Waals surface area contributed by atoms with Crippen molar-refractivity contribution in [3.8, 4) is 67.5 Å². The maximum Gasteiger partial charge on any atom is 0.164 e. The van der Waals surface area contributed by atoms with Gasteiger partial charge in [0.15, 0.2) is 17.5 Å². The molecule has 8 aromatic carbocycles. The van der Waals surface area contributed by atoms with Gasteiger partial charge in [-0.15, -0.1) is 0 Å². The van der Waals surface area contributed by atoms with Crippen LogP contribution in [0, 0.1) is 0 Å². The molecule has 0 saturated carbocycles. The van der Waals surface area contributed by atoms with E-state index in [1.54, 1.807) is 0 Å². The lowest BCUT2D eigenvalue weighted by Crippen LogP contribution is -2.01. The van der Waals surface area contributed by atoms with E-state index in [0.29, 0.717) is 17.5 Å². The van der Waals surface area contributed by atoms with E-state index in [4.69, 9.17) is 19.4 Å². The van der Waals surface area contributed by atoms with Gasteiger partial charge in [0.1, 0.15) is 11.2 Å². The number of fused-ring (bicyclic) bond motifs is 4. The molecule has 0 radical (unpaired) electrons. The Morgan fingerprint density at radius 3 is 1.64 bits per heavy atom. The number of para-hydroxylation sites is 2. The molecular weight excluding hydrogens is 647 g/mol. The molecule has 53 heavy (non-hydrogen) atoms. The van der Waals surface area contributed by atoms with Crippen molar-refractivity contribution in [2.24, 2.45) is 0 Å². The Bertz CT molecular complexity index is 2930. The number of hydrogen-bond donors (Lipinski definition) is 0. The molecule has 0 unspecified atom stereocenters. The first kappa shape index (κ1) is 30.6. The monoisotopic (exact) mass is 677 g/mol. The first-order chi connectivity index (χ1) is 26.2. The second-order valence-corrected chi connectivity index (χ2v) is 13.2. The van der Waals surface area contributed by atoms with E-state index in [9.17, 15) is 0 Å². The van der Waals surface area contributed by atoms with E-state index < -0.39 is 0 Å². The summed E-state index contributed by atoms with van der Waals surface area (Å²) in [7, 11) is 0. The summed E-state index contributed by atoms with van der Waals surface area (Å²) >= 11 is 0. The van der Waals surface area contributed by atoms with Crippen LogP contribution in [0.5, 0.6) is 0 Å². The third kappa shape index (κ3) is 5.63. The lowest BCUT2D eigenvalue weighted by molar-refractivity contribution is 0.670. The van der Waals surface area contributed by atoms with Gasteiger partial charge in [0.25, 0.3) is 0 Å². The molecule has 248 valence electrons. The second-order valence-electron chi connectivity index (χ2n) is 13.2. The number of benzene rings is 8. The van der Waals surface area contributed by atoms with Crippen molar-refractivity contribution in [3.05, 3.63) is 188 Å². The quantitative estimate of drug-likeness (QED) is 0.176. The summed E-state index contributed by atoms with van der Waals surface area (Å²) in [6, 6.07) is 65.2. The number of nitrogens with zero attached hydrogens (tertiary/aromatic N) is 3. The standard InChI is InChI=1S/C49H31N3O/c1-3-12-32(13-4-1)39-28-29-43(44(31-39)42-20-11-19-41-40-18-9-10-21-45(40)53-46(41)42)49-51-47(35-15-5-2-6-16-35)50-48(52-49)36-25-22-34(23-26-36)38-27-24-33-14-7-8-17-37(33)30-38/h1-31H. The minimum absolute atomic E-state index is 0.593. The van der Waals surface area contributed by atoms with Crippen LogP contribution in [0.25, 0.3) is 100 Å². The summed E-state index contributed by atoms with van der Waals surface area (Å²) in [5.74, 6) is 1.82. The predicted molar refractivity (Wildman–Crippen MR) is 217 cm³/mol. The van der Waals surface area contributed by atoms with Gasteiger partial charge in [0, 0.05) is 33.0 Å². The van der Waals surface area contributed by atoms with Gasteiger partial charge in [0.2, 0.25) is 0 Å². The molecule has 0 aliphatic heterocycles. The highest BCUT2D eigenvalue weighted by atomic mass is 16.3. The summed E-state index contributed by atoms with van der Waals surface area (Å²) in [4.78, 5) is 15.4. The molecule has 0 aliphatic rings. The van der Waals surface area contributed by atoms with E-state index in [0.717, 1.165) is 66.4 Å². The summed E-state index contributed by atoms with van der Waals surface area (Å²) in [5.41, 5.74) is 10.9. The van der Waals surface area contributed by atoms with Gasteiger partial charge in [-0.05, 0) is 62.9 Å². The van der Waals surface area contributed by atoms with Crippen molar-refractivity contribution >= 4 is 32.7 Å². The molecule has 0 saturated heterocycles. The topological polar surface area (TPSA) is 51.8 Å². The Hall–Kier alpha value is -7.17. The van der Waals surface area contributed by atoms with Crippen LogP contribution in [0.2, 0.25) is 0 Å². The Kier molecular flexibility index (Phi) is 7.43. The highest BCUT2D eigenvalue weighted by Gasteiger charge is 2.20. The first-order valence-electron chi connectivity index (χ1n) is 17.8. The SMILES string of the molecule is c1ccc(-c2ccc(-c3nc(-c4ccccc4)nc(-c4ccc(-c5ccc6ccccc6c5)cc4)n3)c(-c3cccc4c3oc3ccccc34)c2)cc1. The average molecular weight is 678 g/mol. The maximum atomic E-state index is 6.58. The molecule has 0 N–H and O–H groups in total. The second kappa shape index (κ2) is 12.9. The third-order valence-electron chi connectivity index (χ3n) is 9.96. The molecule has 0 atom stereocenters. The number of furan rings is 1. The van der Waals surface area contributed by atoms with Crippen molar-refractivity contribution < 1.29 is 4.42 Å². The van der Waals surface area contributed by atoms with E-state index in [2.05, 4.69) is 140 Å². The van der Waals surface area contributed by atoms with Crippen LogP contribution >= 0.6 is 0 Å². The van der Waals surface area contributed by atoms with Crippen LogP contribution in [0.4, 0.5) is 0 Å². The van der Waals surface area contributed by atoms with Gasteiger partial charge in [-0.25, -0.2) is 15.0 Å². The van der Waals surface area contributed by atoms with Crippen LogP contribution in [-0.4, -0.2) is 15.0 Å². The maximum absolute atomic E-state index is 6.58. The lowest BCUT2D eigenvalue weighted by Gasteiger charge is -2.14. The summed E-state index contributed by atoms with van der Waals surface area (Å²) in [5, 5.41) is 4.61. The number of hydrogen-bond acceptors (Lipinski definition) is 4. The van der Waals surface area contributed by atoms with Crippen molar-refractivity contribution in [2.75, 3.05) is 0 Å². The van der Waals surface area contributed by atoms with E-state index in [-0.39, 0.29) is 0 Å². The van der Waals surface area contributed by atoms with Gasteiger partial charge in [-0.2, -0.15) is 0 Å². The van der Waals surface area contributed by atoms with Crippen LogP contribution in [0.3, 0.4) is 0 Å². The minimum Gasteiger partial charge on any atom is -0.455 e. The number of aromatic nitrogens is 3. The van der Waals surface area contributed by atoms with E-state index >= 15 is 0 Å². The van der Waals surface area contributed by atoms with Gasteiger partial charge in [-0.3, -0.25) is 0 Å². The van der Waals surface area contributed by atoms with Crippen molar-refractivity contribution in [3.63, 3.8) is 0 Å². The molecule has 0 spiro atoms. The predicted octanol–water partition coefficient (Wildman–Crippen LogP) is 12.9. The van der Waals surface area contributed by atoms with Crippen LogP contribution in [0.15, 0.2) is 192 Å². The normalized spacial score (nSPS) is 11.4. The Morgan fingerprint density at radius 1 is 0.302 bits per heavy atom. The first-order valence-corrected chi connectivity index (χ1v) is 17.8. The largest absolute Gasteiger partial charge is 0.455 e.